The molecule has 0 bridgehead atoms. The van der Waals surface area contributed by atoms with Crippen molar-refractivity contribution in [3.8, 4) is 0 Å². The first-order chi connectivity index (χ1) is 10.4. The summed E-state index contributed by atoms with van der Waals surface area (Å²) in [5.74, 6) is -1.34. The van der Waals surface area contributed by atoms with Crippen molar-refractivity contribution in [2.24, 2.45) is 0 Å². The van der Waals surface area contributed by atoms with Crippen LogP contribution in [-0.2, 0) is 6.54 Å². The van der Waals surface area contributed by atoms with Gasteiger partial charge in [0.15, 0.2) is 0 Å². The summed E-state index contributed by atoms with van der Waals surface area (Å²) < 4.78 is 1.56. The second kappa shape index (κ2) is 4.69. The number of H-pyrrole nitrogens is 2. The van der Waals surface area contributed by atoms with E-state index in [9.17, 15) is 19.2 Å². The molecule has 3 N–H and O–H groups in total. The summed E-state index contributed by atoms with van der Waals surface area (Å²) >= 11 is 0. The van der Waals surface area contributed by atoms with Gasteiger partial charge in [-0.3, -0.25) is 24.6 Å². The average molecular weight is 301 g/mol. The smallest absolute Gasteiger partial charge is 0.341 e. The summed E-state index contributed by atoms with van der Waals surface area (Å²) in [6.07, 6.45) is 1.24. The molecule has 0 spiro atoms. The van der Waals surface area contributed by atoms with Crippen molar-refractivity contribution in [2.75, 3.05) is 0 Å². The molecule has 0 aliphatic carbocycles. The molecular formula is C14H11N3O5. The molecule has 1 aromatic carbocycles. The maximum Gasteiger partial charge on any atom is 0.341 e. The molecule has 0 unspecified atom stereocenters. The second-order valence-electron chi connectivity index (χ2n) is 4.79. The SMILES string of the molecule is CCn1cc(C(=O)O)c(=O)c2cc3c(=O)[nH][nH]c(=O)c3cc21. The molecule has 8 heteroatoms. The van der Waals surface area contributed by atoms with Crippen molar-refractivity contribution in [1.29, 1.82) is 0 Å². The van der Waals surface area contributed by atoms with E-state index >= 15 is 0 Å². The van der Waals surface area contributed by atoms with Gasteiger partial charge >= 0.3 is 5.97 Å². The Morgan fingerprint density at radius 3 is 2.23 bits per heavy atom. The van der Waals surface area contributed by atoms with Gasteiger partial charge in [-0.05, 0) is 19.1 Å². The summed E-state index contributed by atoms with van der Waals surface area (Å²) in [7, 11) is 0. The predicted octanol–water partition coefficient (Wildman–Crippen LogP) is 0.249. The van der Waals surface area contributed by atoms with Gasteiger partial charge in [0.25, 0.3) is 11.1 Å². The predicted molar refractivity (Wildman–Crippen MR) is 79.6 cm³/mol. The van der Waals surface area contributed by atoms with E-state index < -0.39 is 22.5 Å². The summed E-state index contributed by atoms with van der Waals surface area (Å²) in [4.78, 5) is 47.1. The molecule has 0 fully saturated rings. The fraction of sp³-hybridized carbons (Fsp3) is 0.143. The third kappa shape index (κ3) is 1.85. The minimum Gasteiger partial charge on any atom is -0.477 e. The number of fused-ring (bicyclic) bond motifs is 2. The van der Waals surface area contributed by atoms with Crippen LogP contribution in [0.4, 0.5) is 0 Å². The Bertz CT molecular complexity index is 1100. The number of aromatic nitrogens is 3. The molecule has 0 radical (unpaired) electrons. The van der Waals surface area contributed by atoms with Gasteiger partial charge in [-0.2, -0.15) is 0 Å². The number of carbonyl (C=O) groups is 1. The van der Waals surface area contributed by atoms with Crippen LogP contribution >= 0.6 is 0 Å². The quantitative estimate of drug-likeness (QED) is 0.585. The zero-order valence-corrected chi connectivity index (χ0v) is 11.5. The van der Waals surface area contributed by atoms with Gasteiger partial charge < -0.3 is 9.67 Å². The lowest BCUT2D eigenvalue weighted by atomic mass is 10.1. The van der Waals surface area contributed by atoms with Gasteiger partial charge in [-0.25, -0.2) is 4.79 Å². The molecule has 8 nitrogen and oxygen atoms in total. The van der Waals surface area contributed by atoms with Crippen LogP contribution in [0.3, 0.4) is 0 Å². The van der Waals surface area contributed by atoms with Gasteiger partial charge in [0.2, 0.25) is 5.43 Å². The van der Waals surface area contributed by atoms with E-state index in [0.717, 1.165) is 0 Å². The second-order valence-corrected chi connectivity index (χ2v) is 4.79. The molecule has 0 aliphatic rings. The number of carboxylic acids is 1. The summed E-state index contributed by atoms with van der Waals surface area (Å²) in [5.41, 5.74) is -1.71. The lowest BCUT2D eigenvalue weighted by Crippen LogP contribution is -2.22. The first-order valence-corrected chi connectivity index (χ1v) is 6.49. The normalized spacial score (nSPS) is 11.1. The number of pyridine rings is 1. The largest absolute Gasteiger partial charge is 0.477 e. The van der Waals surface area contributed by atoms with Crippen LogP contribution in [0.15, 0.2) is 32.7 Å². The lowest BCUT2D eigenvalue weighted by Gasteiger charge is -2.10. The molecule has 0 aliphatic heterocycles. The first-order valence-electron chi connectivity index (χ1n) is 6.49. The number of rotatable bonds is 2. The fourth-order valence-electron chi connectivity index (χ4n) is 2.47. The number of aromatic amines is 2. The molecule has 0 saturated carbocycles. The Morgan fingerprint density at radius 2 is 1.68 bits per heavy atom. The first kappa shape index (κ1) is 13.8. The standard InChI is InChI=1S/C14H11N3O5/c1-2-17-5-9(14(21)22)11(18)8-3-6-7(4-10(8)17)13(20)16-15-12(6)19/h3-5H,2H2,1H3,(H,15,19)(H,16,20)(H,21,22). The minimum atomic E-state index is -1.34. The Labute approximate surface area is 121 Å². The van der Waals surface area contributed by atoms with Crippen molar-refractivity contribution in [3.05, 3.63) is 54.8 Å². The van der Waals surface area contributed by atoms with E-state index in [1.807, 2.05) is 0 Å². The van der Waals surface area contributed by atoms with Gasteiger partial charge in [0, 0.05) is 18.1 Å². The number of aryl methyl sites for hydroxylation is 1. The maximum absolute atomic E-state index is 12.3. The highest BCUT2D eigenvalue weighted by molar-refractivity contribution is 5.99. The van der Waals surface area contributed by atoms with Gasteiger partial charge in [-0.15, -0.1) is 0 Å². The zero-order chi connectivity index (χ0) is 16.0. The Hall–Kier alpha value is -3.16. The van der Waals surface area contributed by atoms with E-state index in [-0.39, 0.29) is 21.7 Å². The van der Waals surface area contributed by atoms with Crippen LogP contribution < -0.4 is 16.5 Å². The van der Waals surface area contributed by atoms with Gasteiger partial charge in [-0.1, -0.05) is 0 Å². The number of aromatic carboxylic acids is 1. The van der Waals surface area contributed by atoms with Crippen LogP contribution in [0.2, 0.25) is 0 Å². The van der Waals surface area contributed by atoms with Gasteiger partial charge in [0.1, 0.15) is 5.56 Å². The minimum absolute atomic E-state index is 0.0403. The number of nitrogens with zero attached hydrogens (tertiary/aromatic N) is 1. The number of carboxylic acid groups (broad SMARTS) is 1. The maximum atomic E-state index is 12.3. The molecule has 0 atom stereocenters. The molecule has 2 aromatic heterocycles. The molecule has 3 aromatic rings. The molecule has 0 saturated heterocycles. The van der Waals surface area contributed by atoms with E-state index in [2.05, 4.69) is 10.2 Å². The summed E-state index contributed by atoms with van der Waals surface area (Å²) in [6, 6.07) is 2.69. The van der Waals surface area contributed by atoms with Gasteiger partial charge in [0.05, 0.1) is 16.3 Å². The molecule has 22 heavy (non-hydrogen) atoms. The van der Waals surface area contributed by atoms with Crippen LogP contribution in [0.25, 0.3) is 21.7 Å². The fourth-order valence-corrected chi connectivity index (χ4v) is 2.47. The van der Waals surface area contributed by atoms with Crippen molar-refractivity contribution in [3.63, 3.8) is 0 Å². The van der Waals surface area contributed by atoms with E-state index in [0.29, 0.717) is 12.1 Å². The monoisotopic (exact) mass is 301 g/mol. The third-order valence-electron chi connectivity index (χ3n) is 3.57. The van der Waals surface area contributed by atoms with E-state index in [1.54, 1.807) is 11.5 Å². The topological polar surface area (TPSA) is 125 Å². The third-order valence-corrected chi connectivity index (χ3v) is 3.57. The van der Waals surface area contributed by atoms with E-state index in [4.69, 9.17) is 5.11 Å². The Kier molecular flexibility index (Phi) is 2.94. The van der Waals surface area contributed by atoms with Crippen LogP contribution in [-0.4, -0.2) is 25.8 Å². The van der Waals surface area contributed by atoms with E-state index in [1.165, 1.54) is 18.3 Å². The highest BCUT2D eigenvalue weighted by Crippen LogP contribution is 2.17. The Balaban J connectivity index is 2.64. The molecule has 2 heterocycles. The highest BCUT2D eigenvalue weighted by atomic mass is 16.4. The summed E-state index contributed by atoms with van der Waals surface area (Å²) in [6.45, 7) is 2.19. The molecule has 0 amide bonds. The zero-order valence-electron chi connectivity index (χ0n) is 11.5. The van der Waals surface area contributed by atoms with Crippen molar-refractivity contribution in [1.82, 2.24) is 14.8 Å². The number of hydrogen-bond acceptors (Lipinski definition) is 4. The van der Waals surface area contributed by atoms with Crippen LogP contribution in [0.1, 0.15) is 17.3 Å². The van der Waals surface area contributed by atoms with Crippen LogP contribution in [0.5, 0.6) is 0 Å². The molecule has 112 valence electrons. The van der Waals surface area contributed by atoms with Crippen molar-refractivity contribution >= 4 is 27.6 Å². The number of nitrogens with one attached hydrogen (secondary N) is 2. The Morgan fingerprint density at radius 1 is 1.09 bits per heavy atom. The van der Waals surface area contributed by atoms with Crippen LogP contribution in [0, 0.1) is 0 Å². The van der Waals surface area contributed by atoms with Crippen molar-refractivity contribution in [2.45, 2.75) is 13.5 Å². The number of hydrogen-bond donors (Lipinski definition) is 3. The number of benzene rings is 1. The highest BCUT2D eigenvalue weighted by Gasteiger charge is 2.16. The molecule has 3 rings (SSSR count). The summed E-state index contributed by atoms with van der Waals surface area (Å²) in [5, 5.41) is 13.8. The van der Waals surface area contributed by atoms with Crippen molar-refractivity contribution < 1.29 is 9.90 Å². The lowest BCUT2D eigenvalue weighted by molar-refractivity contribution is 0.0695. The molecular weight excluding hydrogens is 290 g/mol. The average Bonchev–Trinajstić information content (AvgIpc) is 2.50.